The van der Waals surface area contributed by atoms with Crippen molar-refractivity contribution >= 4 is 22.5 Å². The second-order valence-electron chi connectivity index (χ2n) is 6.18. The molecule has 1 aromatic heterocycles. The molecule has 2 rings (SSSR count). The van der Waals surface area contributed by atoms with Crippen LogP contribution in [-0.2, 0) is 0 Å². The highest BCUT2D eigenvalue weighted by Gasteiger charge is 2.14. The standard InChI is InChI=1S/C15H24N4O2/c1-9(2)5-10(8-19(3)4)17-12-7-13-14(6-11(12)16)21-15(20)18-13/h6-7,9-10,17H,5,8,16H2,1-4H3,(H,18,20). The number of fused-ring (bicyclic) bond motifs is 1. The smallest absolute Gasteiger partial charge is 0.408 e. The first-order chi connectivity index (χ1) is 9.85. The molecular formula is C15H24N4O2. The molecule has 0 aliphatic heterocycles. The van der Waals surface area contributed by atoms with E-state index in [2.05, 4.69) is 43.1 Å². The second-order valence-corrected chi connectivity index (χ2v) is 6.18. The van der Waals surface area contributed by atoms with Gasteiger partial charge in [0, 0.05) is 18.7 Å². The van der Waals surface area contributed by atoms with E-state index in [-0.39, 0.29) is 0 Å². The van der Waals surface area contributed by atoms with E-state index in [9.17, 15) is 4.79 Å². The number of nitrogen functional groups attached to an aromatic ring is 1. The zero-order valence-electron chi connectivity index (χ0n) is 13.1. The van der Waals surface area contributed by atoms with E-state index < -0.39 is 5.76 Å². The van der Waals surface area contributed by atoms with Crippen LogP contribution in [0.5, 0.6) is 0 Å². The number of nitrogens with two attached hydrogens (primary N) is 1. The van der Waals surface area contributed by atoms with Crippen molar-refractivity contribution < 1.29 is 4.42 Å². The maximum absolute atomic E-state index is 11.2. The maximum Gasteiger partial charge on any atom is 0.417 e. The van der Waals surface area contributed by atoms with Crippen LogP contribution in [0.4, 0.5) is 11.4 Å². The number of oxazole rings is 1. The topological polar surface area (TPSA) is 87.3 Å². The van der Waals surface area contributed by atoms with Crippen molar-refractivity contribution in [1.29, 1.82) is 0 Å². The molecule has 0 amide bonds. The van der Waals surface area contributed by atoms with E-state index in [0.29, 0.717) is 28.7 Å². The molecule has 21 heavy (non-hydrogen) atoms. The van der Waals surface area contributed by atoms with Gasteiger partial charge in [0.1, 0.15) is 0 Å². The fourth-order valence-electron chi connectivity index (χ4n) is 2.55. The van der Waals surface area contributed by atoms with E-state index in [1.165, 1.54) is 0 Å². The van der Waals surface area contributed by atoms with Gasteiger partial charge in [0.25, 0.3) is 0 Å². The minimum atomic E-state index is -0.464. The molecule has 0 fully saturated rings. The first kappa shape index (κ1) is 15.4. The van der Waals surface area contributed by atoms with Gasteiger partial charge < -0.3 is 20.4 Å². The average Bonchev–Trinajstić information content (AvgIpc) is 2.67. The van der Waals surface area contributed by atoms with Crippen molar-refractivity contribution in [2.45, 2.75) is 26.3 Å². The summed E-state index contributed by atoms with van der Waals surface area (Å²) in [5, 5.41) is 3.48. The van der Waals surface area contributed by atoms with Crippen molar-refractivity contribution in [3.8, 4) is 0 Å². The number of nitrogens with zero attached hydrogens (tertiary/aromatic N) is 1. The fraction of sp³-hybridized carbons (Fsp3) is 0.533. The monoisotopic (exact) mass is 292 g/mol. The third-order valence-corrected chi connectivity index (χ3v) is 3.29. The summed E-state index contributed by atoms with van der Waals surface area (Å²) >= 11 is 0. The van der Waals surface area contributed by atoms with Gasteiger partial charge in [0.2, 0.25) is 0 Å². The van der Waals surface area contributed by atoms with Crippen molar-refractivity contribution in [2.24, 2.45) is 5.92 Å². The first-order valence-electron chi connectivity index (χ1n) is 7.18. The Bertz CT molecular complexity index is 647. The molecule has 116 valence electrons. The van der Waals surface area contributed by atoms with Crippen molar-refractivity contribution in [3.63, 3.8) is 0 Å². The Morgan fingerprint density at radius 3 is 2.71 bits per heavy atom. The Balaban J connectivity index is 2.26. The van der Waals surface area contributed by atoms with Crippen LogP contribution in [-0.4, -0.2) is 36.6 Å². The largest absolute Gasteiger partial charge is 0.417 e. The van der Waals surface area contributed by atoms with Crippen LogP contribution in [0.25, 0.3) is 11.1 Å². The van der Waals surface area contributed by atoms with Gasteiger partial charge >= 0.3 is 5.76 Å². The van der Waals surface area contributed by atoms with E-state index >= 15 is 0 Å². The third kappa shape index (κ3) is 4.01. The van der Waals surface area contributed by atoms with Gasteiger partial charge in [-0.1, -0.05) is 13.8 Å². The lowest BCUT2D eigenvalue weighted by Crippen LogP contribution is -2.33. The number of hydrogen-bond donors (Lipinski definition) is 3. The number of H-pyrrole nitrogens is 1. The van der Waals surface area contributed by atoms with E-state index in [1.54, 1.807) is 6.07 Å². The first-order valence-corrected chi connectivity index (χ1v) is 7.18. The lowest BCUT2D eigenvalue weighted by Gasteiger charge is -2.25. The van der Waals surface area contributed by atoms with Gasteiger partial charge in [-0.05, 0) is 32.5 Å². The van der Waals surface area contributed by atoms with Gasteiger partial charge in [-0.3, -0.25) is 4.98 Å². The minimum absolute atomic E-state index is 0.290. The molecule has 0 saturated heterocycles. The molecule has 1 atom stereocenters. The molecule has 0 aliphatic carbocycles. The minimum Gasteiger partial charge on any atom is -0.408 e. The number of hydrogen-bond acceptors (Lipinski definition) is 5. The Kier molecular flexibility index (Phi) is 4.57. The Morgan fingerprint density at radius 2 is 2.10 bits per heavy atom. The highest BCUT2D eigenvalue weighted by Crippen LogP contribution is 2.26. The van der Waals surface area contributed by atoms with E-state index in [1.807, 2.05) is 6.07 Å². The summed E-state index contributed by atoms with van der Waals surface area (Å²) in [6.07, 6.45) is 1.04. The predicted molar refractivity (Wildman–Crippen MR) is 86.7 cm³/mol. The highest BCUT2D eigenvalue weighted by atomic mass is 16.4. The summed E-state index contributed by atoms with van der Waals surface area (Å²) in [6.45, 7) is 5.31. The summed E-state index contributed by atoms with van der Waals surface area (Å²) < 4.78 is 5.01. The molecule has 1 aromatic carbocycles. The quantitative estimate of drug-likeness (QED) is 0.710. The molecule has 0 bridgehead atoms. The zero-order chi connectivity index (χ0) is 15.6. The SMILES string of the molecule is CC(C)CC(CN(C)C)Nc1cc2[nH]c(=O)oc2cc1N. The molecule has 6 heteroatoms. The number of anilines is 2. The maximum atomic E-state index is 11.2. The van der Waals surface area contributed by atoms with Gasteiger partial charge in [-0.25, -0.2) is 4.79 Å². The molecule has 4 N–H and O–H groups in total. The number of aromatic nitrogens is 1. The summed E-state index contributed by atoms with van der Waals surface area (Å²) in [7, 11) is 4.10. The van der Waals surface area contributed by atoms with Crippen molar-refractivity contribution in [2.75, 3.05) is 31.7 Å². The van der Waals surface area contributed by atoms with Gasteiger partial charge in [0.15, 0.2) is 5.58 Å². The van der Waals surface area contributed by atoms with E-state index in [4.69, 9.17) is 10.2 Å². The molecule has 1 unspecified atom stereocenters. The number of nitrogens with one attached hydrogen (secondary N) is 2. The van der Waals surface area contributed by atoms with Crippen LogP contribution in [0.3, 0.4) is 0 Å². The molecule has 0 radical (unpaired) electrons. The summed E-state index contributed by atoms with van der Waals surface area (Å²) in [4.78, 5) is 16.0. The fourth-order valence-corrected chi connectivity index (χ4v) is 2.55. The van der Waals surface area contributed by atoms with Crippen LogP contribution in [0.1, 0.15) is 20.3 Å². The van der Waals surface area contributed by atoms with Gasteiger partial charge in [-0.15, -0.1) is 0 Å². The number of aromatic amines is 1. The Morgan fingerprint density at radius 1 is 1.38 bits per heavy atom. The van der Waals surface area contributed by atoms with Crippen LogP contribution in [0.2, 0.25) is 0 Å². The molecule has 0 saturated carbocycles. The molecule has 6 nitrogen and oxygen atoms in total. The highest BCUT2D eigenvalue weighted by molar-refractivity contribution is 5.85. The summed E-state index contributed by atoms with van der Waals surface area (Å²) in [6, 6.07) is 3.80. The molecule has 1 heterocycles. The normalized spacial score (nSPS) is 13.2. The van der Waals surface area contributed by atoms with Crippen molar-refractivity contribution in [1.82, 2.24) is 9.88 Å². The predicted octanol–water partition coefficient (Wildman–Crippen LogP) is 2.09. The lowest BCUT2D eigenvalue weighted by molar-refractivity contribution is 0.356. The number of benzene rings is 1. The zero-order valence-corrected chi connectivity index (χ0v) is 13.1. The van der Waals surface area contributed by atoms with Crippen LogP contribution >= 0.6 is 0 Å². The van der Waals surface area contributed by atoms with E-state index in [0.717, 1.165) is 18.7 Å². The van der Waals surface area contributed by atoms with Crippen molar-refractivity contribution in [3.05, 3.63) is 22.7 Å². The summed E-state index contributed by atoms with van der Waals surface area (Å²) in [5.74, 6) is 0.120. The third-order valence-electron chi connectivity index (χ3n) is 3.29. The van der Waals surface area contributed by atoms with Gasteiger partial charge in [0.05, 0.1) is 16.9 Å². The Labute approximate surface area is 124 Å². The summed E-state index contributed by atoms with van der Waals surface area (Å²) in [5.41, 5.74) is 8.60. The molecule has 0 spiro atoms. The second kappa shape index (κ2) is 6.22. The lowest BCUT2D eigenvalue weighted by atomic mass is 10.0. The van der Waals surface area contributed by atoms with Crippen LogP contribution in [0, 0.1) is 5.92 Å². The number of rotatable bonds is 6. The van der Waals surface area contributed by atoms with Crippen LogP contribution < -0.4 is 16.8 Å². The molecular weight excluding hydrogens is 268 g/mol. The molecule has 0 aliphatic rings. The number of likely N-dealkylation sites (N-methyl/N-ethyl adjacent to an activating group) is 1. The average molecular weight is 292 g/mol. The van der Waals surface area contributed by atoms with Gasteiger partial charge in [-0.2, -0.15) is 0 Å². The van der Waals surface area contributed by atoms with Crippen LogP contribution in [0.15, 0.2) is 21.3 Å². The molecule has 2 aromatic rings. The Hall–Kier alpha value is -1.95.